The second kappa shape index (κ2) is 5.68. The summed E-state index contributed by atoms with van der Waals surface area (Å²) in [5.41, 5.74) is -0.866. The molecule has 0 bridgehead atoms. The lowest BCUT2D eigenvalue weighted by Crippen LogP contribution is -2.47. The number of nitriles is 1. The van der Waals surface area contributed by atoms with E-state index in [2.05, 4.69) is 23.3 Å². The van der Waals surface area contributed by atoms with E-state index in [0.29, 0.717) is 38.6 Å². The van der Waals surface area contributed by atoms with Crippen molar-refractivity contribution in [3.8, 4) is 6.07 Å². The zero-order chi connectivity index (χ0) is 13.0. The van der Waals surface area contributed by atoms with Crippen molar-refractivity contribution < 1.29 is 9.53 Å². The lowest BCUT2D eigenvalue weighted by atomic mass is 9.81. The Morgan fingerprint density at radius 3 is 2.83 bits per heavy atom. The van der Waals surface area contributed by atoms with Gasteiger partial charge < -0.3 is 15.0 Å². The molecular formula is C13H21N3O2. The summed E-state index contributed by atoms with van der Waals surface area (Å²) >= 11 is 0. The van der Waals surface area contributed by atoms with Crippen LogP contribution in [0, 0.1) is 16.7 Å². The summed E-state index contributed by atoms with van der Waals surface area (Å²) in [7, 11) is 2.08. The van der Waals surface area contributed by atoms with Crippen LogP contribution in [0.1, 0.15) is 25.7 Å². The summed E-state index contributed by atoms with van der Waals surface area (Å²) < 4.78 is 5.23. The first-order valence-electron chi connectivity index (χ1n) is 6.65. The maximum atomic E-state index is 12.2. The summed E-state index contributed by atoms with van der Waals surface area (Å²) in [5, 5.41) is 12.2. The van der Waals surface area contributed by atoms with Crippen LogP contribution >= 0.6 is 0 Å². The number of amides is 1. The van der Waals surface area contributed by atoms with Gasteiger partial charge in [-0.1, -0.05) is 0 Å². The van der Waals surface area contributed by atoms with Crippen molar-refractivity contribution in [2.75, 3.05) is 33.4 Å². The van der Waals surface area contributed by atoms with Crippen LogP contribution in [0.5, 0.6) is 0 Å². The van der Waals surface area contributed by atoms with Gasteiger partial charge in [-0.2, -0.15) is 5.26 Å². The SMILES string of the molecule is CN1CCCC1CNC(=O)C1(C#N)CCOCC1. The number of rotatable bonds is 3. The van der Waals surface area contributed by atoms with Crippen molar-refractivity contribution >= 4 is 5.91 Å². The smallest absolute Gasteiger partial charge is 0.240 e. The molecule has 2 aliphatic rings. The highest BCUT2D eigenvalue weighted by molar-refractivity contribution is 5.85. The Balaban J connectivity index is 1.88. The number of hydrogen-bond donors (Lipinski definition) is 1. The van der Waals surface area contributed by atoms with Gasteiger partial charge >= 0.3 is 0 Å². The molecule has 5 heteroatoms. The van der Waals surface area contributed by atoms with Crippen molar-refractivity contribution in [2.45, 2.75) is 31.7 Å². The maximum Gasteiger partial charge on any atom is 0.240 e. The molecule has 0 spiro atoms. The van der Waals surface area contributed by atoms with Crippen molar-refractivity contribution in [1.82, 2.24) is 10.2 Å². The Morgan fingerprint density at radius 2 is 2.28 bits per heavy atom. The molecule has 18 heavy (non-hydrogen) atoms. The van der Waals surface area contributed by atoms with Crippen molar-refractivity contribution in [3.05, 3.63) is 0 Å². The molecule has 1 amide bonds. The molecule has 1 N–H and O–H groups in total. The van der Waals surface area contributed by atoms with E-state index >= 15 is 0 Å². The highest BCUT2D eigenvalue weighted by Gasteiger charge is 2.40. The van der Waals surface area contributed by atoms with Crippen LogP contribution in [0.3, 0.4) is 0 Å². The van der Waals surface area contributed by atoms with Crippen molar-refractivity contribution in [1.29, 1.82) is 5.26 Å². The van der Waals surface area contributed by atoms with Crippen molar-refractivity contribution in [2.24, 2.45) is 5.41 Å². The highest BCUT2D eigenvalue weighted by atomic mass is 16.5. The van der Waals surface area contributed by atoms with Gasteiger partial charge in [0.2, 0.25) is 5.91 Å². The van der Waals surface area contributed by atoms with E-state index < -0.39 is 5.41 Å². The van der Waals surface area contributed by atoms with Crippen LogP contribution in [-0.4, -0.2) is 50.2 Å². The summed E-state index contributed by atoms with van der Waals surface area (Å²) in [4.78, 5) is 14.5. The fraction of sp³-hybridized carbons (Fsp3) is 0.846. The standard InChI is InChI=1S/C13H21N3O2/c1-16-6-2-3-11(16)9-15-12(17)13(10-14)4-7-18-8-5-13/h11H,2-9H2,1H3,(H,15,17). The average Bonchev–Trinajstić information content (AvgIpc) is 2.82. The molecule has 1 atom stereocenters. The topological polar surface area (TPSA) is 65.4 Å². The molecular weight excluding hydrogens is 230 g/mol. The van der Waals surface area contributed by atoms with Gasteiger partial charge in [0.1, 0.15) is 5.41 Å². The van der Waals surface area contributed by atoms with Crippen LogP contribution in [0.25, 0.3) is 0 Å². The first-order valence-corrected chi connectivity index (χ1v) is 6.65. The summed E-state index contributed by atoms with van der Waals surface area (Å²) in [6, 6.07) is 2.62. The third-order valence-electron chi connectivity index (χ3n) is 4.16. The first-order chi connectivity index (χ1) is 8.68. The zero-order valence-corrected chi connectivity index (χ0v) is 10.9. The number of likely N-dealkylation sites (tertiary alicyclic amines) is 1. The van der Waals surface area contributed by atoms with Gasteiger partial charge in [-0.15, -0.1) is 0 Å². The van der Waals surface area contributed by atoms with Crippen LogP contribution in [-0.2, 0) is 9.53 Å². The number of ether oxygens (including phenoxy) is 1. The van der Waals surface area contributed by atoms with Gasteiger partial charge in [-0.3, -0.25) is 4.79 Å². The Bertz CT molecular complexity index is 345. The third-order valence-corrected chi connectivity index (χ3v) is 4.16. The van der Waals surface area contributed by atoms with Gasteiger partial charge in [-0.25, -0.2) is 0 Å². The number of likely N-dealkylation sites (N-methyl/N-ethyl adjacent to an activating group) is 1. The van der Waals surface area contributed by atoms with E-state index in [1.165, 1.54) is 6.42 Å². The fourth-order valence-corrected chi connectivity index (χ4v) is 2.73. The average molecular weight is 251 g/mol. The van der Waals surface area contributed by atoms with E-state index in [9.17, 15) is 10.1 Å². The number of carbonyl (C=O) groups is 1. The van der Waals surface area contributed by atoms with Gasteiger partial charge in [0.25, 0.3) is 0 Å². The van der Waals surface area contributed by atoms with Gasteiger partial charge in [-0.05, 0) is 39.3 Å². The molecule has 2 saturated heterocycles. The van der Waals surface area contributed by atoms with Crippen molar-refractivity contribution in [3.63, 3.8) is 0 Å². The molecule has 0 aromatic carbocycles. The molecule has 1 unspecified atom stereocenters. The van der Waals surface area contributed by atoms with Gasteiger partial charge in [0.15, 0.2) is 0 Å². The predicted molar refractivity (Wildman–Crippen MR) is 66.8 cm³/mol. The summed E-state index contributed by atoms with van der Waals surface area (Å²) in [6.07, 6.45) is 3.33. The lowest BCUT2D eigenvalue weighted by Gasteiger charge is -2.30. The van der Waals surface area contributed by atoms with Crippen LogP contribution < -0.4 is 5.32 Å². The zero-order valence-electron chi connectivity index (χ0n) is 10.9. The first kappa shape index (κ1) is 13.3. The van der Waals surface area contributed by atoms with Crippen LogP contribution in [0.4, 0.5) is 0 Å². The Morgan fingerprint density at radius 1 is 1.56 bits per heavy atom. The Labute approximate surface area is 108 Å². The summed E-state index contributed by atoms with van der Waals surface area (Å²) in [6.45, 7) is 2.76. The van der Waals surface area contributed by atoms with E-state index in [1.54, 1.807) is 0 Å². The molecule has 2 rings (SSSR count). The molecule has 0 aliphatic carbocycles. The molecule has 5 nitrogen and oxygen atoms in total. The highest BCUT2D eigenvalue weighted by Crippen LogP contribution is 2.29. The third kappa shape index (κ3) is 2.65. The normalized spacial score (nSPS) is 27.7. The minimum atomic E-state index is -0.866. The maximum absolute atomic E-state index is 12.2. The Kier molecular flexibility index (Phi) is 4.20. The minimum absolute atomic E-state index is 0.117. The van der Waals surface area contributed by atoms with E-state index in [0.717, 1.165) is 13.0 Å². The molecule has 0 radical (unpaired) electrons. The Hall–Kier alpha value is -1.12. The van der Waals surface area contributed by atoms with Crippen LogP contribution in [0.2, 0.25) is 0 Å². The minimum Gasteiger partial charge on any atom is -0.381 e. The quantitative estimate of drug-likeness (QED) is 0.794. The molecule has 0 saturated carbocycles. The van der Waals surface area contributed by atoms with Crippen LogP contribution in [0.15, 0.2) is 0 Å². The molecule has 0 aromatic heterocycles. The van der Waals surface area contributed by atoms with E-state index in [4.69, 9.17) is 4.74 Å². The van der Waals surface area contributed by atoms with E-state index in [-0.39, 0.29) is 5.91 Å². The summed E-state index contributed by atoms with van der Waals surface area (Å²) in [5.74, 6) is -0.117. The van der Waals surface area contributed by atoms with Gasteiger partial charge in [0, 0.05) is 25.8 Å². The van der Waals surface area contributed by atoms with E-state index in [1.807, 2.05) is 0 Å². The number of nitrogens with zero attached hydrogens (tertiary/aromatic N) is 2. The number of hydrogen-bond acceptors (Lipinski definition) is 4. The molecule has 2 fully saturated rings. The molecule has 100 valence electrons. The van der Waals surface area contributed by atoms with Gasteiger partial charge in [0.05, 0.1) is 6.07 Å². The second-order valence-electron chi connectivity index (χ2n) is 5.29. The lowest BCUT2D eigenvalue weighted by molar-refractivity contribution is -0.132. The largest absolute Gasteiger partial charge is 0.381 e. The number of nitrogens with one attached hydrogen (secondary N) is 1. The molecule has 2 heterocycles. The number of carbonyl (C=O) groups excluding carboxylic acids is 1. The fourth-order valence-electron chi connectivity index (χ4n) is 2.73. The monoisotopic (exact) mass is 251 g/mol. The predicted octanol–water partition coefficient (Wildman–Crippen LogP) is 0.517. The molecule has 0 aromatic rings. The second-order valence-corrected chi connectivity index (χ2v) is 5.29. The molecule has 2 aliphatic heterocycles.